The van der Waals surface area contributed by atoms with Crippen LogP contribution in [-0.4, -0.2) is 47.4 Å². The molecule has 0 saturated heterocycles. The number of carbonyl (C=O) groups excluding carboxylic acids is 2. The molecule has 0 spiro atoms. The van der Waals surface area contributed by atoms with E-state index in [1.165, 1.54) is 302 Å². The summed E-state index contributed by atoms with van der Waals surface area (Å²) in [4.78, 5) is 24.6. The van der Waals surface area contributed by atoms with Crippen LogP contribution in [0.4, 0.5) is 0 Å². The highest BCUT2D eigenvalue weighted by Crippen LogP contribution is 2.18. The lowest BCUT2D eigenvalue weighted by molar-refractivity contribution is -0.143. The zero-order valence-corrected chi connectivity index (χ0v) is 54.5. The van der Waals surface area contributed by atoms with Gasteiger partial charge >= 0.3 is 5.97 Å². The van der Waals surface area contributed by atoms with Crippen LogP contribution in [0.2, 0.25) is 0 Å². The highest BCUT2D eigenvalue weighted by atomic mass is 16.5. The second kappa shape index (κ2) is 70.3. The molecule has 0 rings (SSSR count). The lowest BCUT2D eigenvalue weighted by Crippen LogP contribution is -2.45. The number of esters is 1. The molecule has 0 fully saturated rings. The zero-order chi connectivity index (χ0) is 58.5. The first-order chi connectivity index (χ1) is 40.0. The number of ether oxygens (including phenoxy) is 1. The summed E-state index contributed by atoms with van der Waals surface area (Å²) in [5.74, 6) is -0.0229. The first kappa shape index (κ1) is 78.8. The molecule has 0 radical (unpaired) electrons. The molecule has 0 aromatic carbocycles. The Morgan fingerprint density at radius 3 is 0.963 bits per heavy atom. The van der Waals surface area contributed by atoms with Gasteiger partial charge in [-0.3, -0.25) is 9.59 Å². The van der Waals surface area contributed by atoms with E-state index in [1.54, 1.807) is 0 Å². The van der Waals surface area contributed by atoms with E-state index in [-0.39, 0.29) is 18.5 Å². The molecular weight excluding hydrogens is 995 g/mol. The third-order valence-electron chi connectivity index (χ3n) is 16.9. The first-order valence-corrected chi connectivity index (χ1v) is 36.4. The van der Waals surface area contributed by atoms with Crippen LogP contribution in [-0.2, 0) is 14.3 Å². The van der Waals surface area contributed by atoms with E-state index in [9.17, 15) is 19.8 Å². The third-order valence-corrected chi connectivity index (χ3v) is 16.9. The SMILES string of the molecule is CCCCC/C=C\C/C=C\CCCCCCCCCCCC(=O)OCCCCCCCCCCC/C=C\C/C=C\CCCCCCCCCCCCCCCCCC(=O)NC(CO)C(O)CCCCCCCCCCCCCCCC. The van der Waals surface area contributed by atoms with Crippen molar-refractivity contribution >= 4 is 11.9 Å². The van der Waals surface area contributed by atoms with Crippen LogP contribution in [0.25, 0.3) is 0 Å². The van der Waals surface area contributed by atoms with E-state index in [1.807, 2.05) is 0 Å². The van der Waals surface area contributed by atoms with Crippen LogP contribution in [0.5, 0.6) is 0 Å². The minimum absolute atomic E-state index is 0.00963. The topological polar surface area (TPSA) is 95.9 Å². The molecule has 0 aromatic rings. The molecule has 81 heavy (non-hydrogen) atoms. The van der Waals surface area contributed by atoms with E-state index >= 15 is 0 Å². The molecule has 6 nitrogen and oxygen atoms in total. The van der Waals surface area contributed by atoms with Crippen LogP contribution in [0, 0.1) is 0 Å². The second-order valence-corrected chi connectivity index (χ2v) is 24.9. The Bertz CT molecular complexity index is 1360. The van der Waals surface area contributed by atoms with Crippen molar-refractivity contribution in [2.45, 2.75) is 405 Å². The van der Waals surface area contributed by atoms with Gasteiger partial charge < -0.3 is 20.3 Å². The molecule has 0 heterocycles. The molecule has 2 atom stereocenters. The zero-order valence-electron chi connectivity index (χ0n) is 54.5. The van der Waals surface area contributed by atoms with Crippen molar-refractivity contribution in [2.24, 2.45) is 0 Å². The number of allylic oxidation sites excluding steroid dienone is 8. The van der Waals surface area contributed by atoms with Crippen LogP contribution < -0.4 is 5.32 Å². The van der Waals surface area contributed by atoms with Crippen LogP contribution in [0.15, 0.2) is 48.6 Å². The van der Waals surface area contributed by atoms with Crippen molar-refractivity contribution < 1.29 is 24.5 Å². The van der Waals surface area contributed by atoms with Gasteiger partial charge in [-0.1, -0.05) is 339 Å². The van der Waals surface area contributed by atoms with E-state index in [0.717, 1.165) is 57.8 Å². The Labute approximate surface area is 506 Å². The van der Waals surface area contributed by atoms with E-state index < -0.39 is 12.1 Å². The van der Waals surface area contributed by atoms with Crippen molar-refractivity contribution in [3.63, 3.8) is 0 Å². The Kier molecular flexibility index (Phi) is 68.4. The average Bonchev–Trinajstić information content (AvgIpc) is 3.47. The number of aliphatic hydroxyl groups excluding tert-OH is 2. The molecule has 2 unspecified atom stereocenters. The third kappa shape index (κ3) is 66.8. The lowest BCUT2D eigenvalue weighted by Gasteiger charge is -2.22. The number of hydrogen-bond acceptors (Lipinski definition) is 5. The number of unbranched alkanes of at least 4 members (excludes halogenated alkanes) is 49. The van der Waals surface area contributed by atoms with Gasteiger partial charge in [0, 0.05) is 12.8 Å². The minimum atomic E-state index is -0.664. The van der Waals surface area contributed by atoms with Crippen molar-refractivity contribution in [3.8, 4) is 0 Å². The Hall–Kier alpha value is -2.18. The van der Waals surface area contributed by atoms with Gasteiger partial charge in [0.05, 0.1) is 25.4 Å². The summed E-state index contributed by atoms with van der Waals surface area (Å²) in [5.41, 5.74) is 0. The molecule has 3 N–H and O–H groups in total. The van der Waals surface area contributed by atoms with Gasteiger partial charge in [-0.25, -0.2) is 0 Å². The average molecular weight is 1140 g/mol. The molecule has 0 aliphatic heterocycles. The Morgan fingerprint density at radius 1 is 0.346 bits per heavy atom. The molecule has 476 valence electrons. The van der Waals surface area contributed by atoms with Crippen molar-refractivity contribution in [3.05, 3.63) is 48.6 Å². The second-order valence-electron chi connectivity index (χ2n) is 24.9. The van der Waals surface area contributed by atoms with Gasteiger partial charge in [0.25, 0.3) is 0 Å². The van der Waals surface area contributed by atoms with E-state index in [4.69, 9.17) is 4.74 Å². The highest BCUT2D eigenvalue weighted by molar-refractivity contribution is 5.76. The summed E-state index contributed by atoms with van der Waals surface area (Å²) in [6.07, 6.45) is 91.7. The molecule has 1 amide bonds. The first-order valence-electron chi connectivity index (χ1n) is 36.4. The van der Waals surface area contributed by atoms with Gasteiger partial charge in [0.2, 0.25) is 5.91 Å². The predicted octanol–water partition coefficient (Wildman–Crippen LogP) is 23.6. The Balaban J connectivity index is 3.38. The van der Waals surface area contributed by atoms with E-state index in [0.29, 0.717) is 25.9 Å². The molecule has 0 saturated carbocycles. The van der Waals surface area contributed by atoms with Gasteiger partial charge in [0.15, 0.2) is 0 Å². The molecule has 0 aliphatic carbocycles. The maximum Gasteiger partial charge on any atom is 0.305 e. The number of amides is 1. The van der Waals surface area contributed by atoms with Crippen molar-refractivity contribution in [1.29, 1.82) is 0 Å². The van der Waals surface area contributed by atoms with Crippen LogP contribution >= 0.6 is 0 Å². The fourth-order valence-electron chi connectivity index (χ4n) is 11.3. The highest BCUT2D eigenvalue weighted by Gasteiger charge is 2.20. The molecular formula is C75H141NO5. The monoisotopic (exact) mass is 1140 g/mol. The van der Waals surface area contributed by atoms with Gasteiger partial charge in [0.1, 0.15) is 0 Å². The number of carbonyl (C=O) groups is 2. The van der Waals surface area contributed by atoms with Gasteiger partial charge in [-0.15, -0.1) is 0 Å². The van der Waals surface area contributed by atoms with Crippen molar-refractivity contribution in [2.75, 3.05) is 13.2 Å². The summed E-state index contributed by atoms with van der Waals surface area (Å²) < 4.78 is 5.50. The summed E-state index contributed by atoms with van der Waals surface area (Å²) in [7, 11) is 0. The molecule has 0 aromatic heterocycles. The van der Waals surface area contributed by atoms with Crippen LogP contribution in [0.3, 0.4) is 0 Å². The Morgan fingerprint density at radius 2 is 0.617 bits per heavy atom. The maximum absolute atomic E-state index is 12.5. The largest absolute Gasteiger partial charge is 0.466 e. The smallest absolute Gasteiger partial charge is 0.305 e. The molecule has 6 heteroatoms. The number of hydrogen-bond donors (Lipinski definition) is 3. The molecule has 0 aliphatic rings. The summed E-state index contributed by atoms with van der Waals surface area (Å²) >= 11 is 0. The van der Waals surface area contributed by atoms with Gasteiger partial charge in [-0.05, 0) is 89.9 Å². The minimum Gasteiger partial charge on any atom is -0.466 e. The van der Waals surface area contributed by atoms with Crippen molar-refractivity contribution in [1.82, 2.24) is 5.32 Å². The van der Waals surface area contributed by atoms with Gasteiger partial charge in [-0.2, -0.15) is 0 Å². The number of aliphatic hydroxyl groups is 2. The number of nitrogens with one attached hydrogen (secondary N) is 1. The fourth-order valence-corrected chi connectivity index (χ4v) is 11.3. The standard InChI is InChI=1S/C75H141NO5/c1-3-5-7-9-11-13-15-17-19-20-34-38-41-45-49-53-57-61-65-69-75(80)81-70-66-62-58-54-50-46-42-39-36-33-31-29-27-25-23-21-22-24-26-28-30-32-35-37-40-44-48-52-56-60-64-68-74(79)76-72(71-77)73(78)67-63-59-55-51-47-43-18-16-14-12-10-8-6-4-2/h11,13,17,19,23,25,29,31,72-73,77-78H,3-10,12,14-16,18,20-22,24,26-28,30,32-71H2,1-2H3,(H,76,79)/b13-11-,19-17-,25-23-,31-29-. The quantitative estimate of drug-likeness (QED) is 0.0320. The summed E-state index contributed by atoms with van der Waals surface area (Å²) in [6, 6.07) is -0.541. The number of rotatable bonds is 68. The summed E-state index contributed by atoms with van der Waals surface area (Å²) in [5, 5.41) is 23.3. The predicted molar refractivity (Wildman–Crippen MR) is 356 cm³/mol. The maximum atomic E-state index is 12.5. The summed E-state index contributed by atoms with van der Waals surface area (Å²) in [6.45, 7) is 4.95. The normalized spacial score (nSPS) is 12.8. The van der Waals surface area contributed by atoms with Crippen LogP contribution in [0.1, 0.15) is 393 Å². The van der Waals surface area contributed by atoms with E-state index in [2.05, 4.69) is 67.8 Å². The molecule has 0 bridgehead atoms. The fraction of sp³-hybridized carbons (Fsp3) is 0.867. The lowest BCUT2D eigenvalue weighted by atomic mass is 10.0.